The lowest BCUT2D eigenvalue weighted by molar-refractivity contribution is 0.466. The zero-order valence-corrected chi connectivity index (χ0v) is 31.7. The Morgan fingerprint density at radius 3 is 1.25 bits per heavy atom. The van der Waals surface area contributed by atoms with Crippen molar-refractivity contribution in [3.05, 3.63) is 156 Å². The minimum absolute atomic E-state index is 0.102. The lowest BCUT2D eigenvalue weighted by Crippen LogP contribution is -2.09. The fourth-order valence-electron chi connectivity index (χ4n) is 5.53. The van der Waals surface area contributed by atoms with Gasteiger partial charge in [0.1, 0.15) is 9.79 Å². The monoisotopic (exact) mass is 835 g/mol. The number of anilines is 4. The van der Waals surface area contributed by atoms with Gasteiger partial charge in [0.2, 0.25) is 0 Å². The van der Waals surface area contributed by atoms with Gasteiger partial charge in [-0.25, -0.2) is 4.99 Å². The quantitative estimate of drug-likeness (QED) is 0.0744. The second-order valence-electron chi connectivity index (χ2n) is 12.0. The molecular formula is C37H29N3O12S4. The third-order valence-electron chi connectivity index (χ3n) is 8.12. The molecule has 0 amide bonds. The van der Waals surface area contributed by atoms with Crippen molar-refractivity contribution < 1.29 is 51.9 Å². The maximum atomic E-state index is 11.9. The van der Waals surface area contributed by atoms with Gasteiger partial charge in [0, 0.05) is 22.7 Å². The van der Waals surface area contributed by atoms with Crippen LogP contribution < -0.4 is 10.6 Å². The molecule has 0 radical (unpaired) electrons. The van der Waals surface area contributed by atoms with E-state index in [2.05, 4.69) is 15.6 Å². The summed E-state index contributed by atoms with van der Waals surface area (Å²) in [7, 11) is -18.7. The maximum absolute atomic E-state index is 11.9. The first-order chi connectivity index (χ1) is 26.2. The Bertz CT molecular complexity index is 2890. The number of rotatable bonds is 11. The van der Waals surface area contributed by atoms with Gasteiger partial charge in [-0.15, -0.1) is 0 Å². The molecule has 0 heterocycles. The number of benzene rings is 5. The van der Waals surface area contributed by atoms with Gasteiger partial charge < -0.3 is 10.6 Å². The summed E-state index contributed by atoms with van der Waals surface area (Å²) in [5.41, 5.74) is 5.87. The smallest absolute Gasteiger partial charge is 0.295 e. The molecule has 56 heavy (non-hydrogen) atoms. The van der Waals surface area contributed by atoms with Crippen molar-refractivity contribution in [3.63, 3.8) is 0 Å². The van der Waals surface area contributed by atoms with Gasteiger partial charge in [-0.05, 0) is 125 Å². The third-order valence-corrected chi connectivity index (χ3v) is 11.8. The Kier molecular flexibility index (Phi) is 11.0. The normalized spacial score (nSPS) is 13.4. The Balaban J connectivity index is 1.32. The first-order valence-electron chi connectivity index (χ1n) is 15.9. The highest BCUT2D eigenvalue weighted by atomic mass is 32.2. The van der Waals surface area contributed by atoms with Crippen molar-refractivity contribution in [1.82, 2.24) is 0 Å². The molecule has 19 heteroatoms. The number of hydrogen-bond donors (Lipinski definition) is 6. The molecule has 0 aliphatic heterocycles. The minimum atomic E-state index is -5.02. The van der Waals surface area contributed by atoms with Crippen LogP contribution in [0.1, 0.15) is 11.1 Å². The van der Waals surface area contributed by atoms with Gasteiger partial charge in [-0.3, -0.25) is 18.2 Å². The van der Waals surface area contributed by atoms with E-state index < -0.39 is 50.3 Å². The largest absolute Gasteiger partial charge is 0.356 e. The standard InChI is InChI=1S/C37H29N3O12S4/c41-53(42,43)33-18-13-30(14-19-33)38-27-7-1-24(2-8-27)37(25-3-9-28(10-4-25)39-31-15-20-34(21-16-31)54(44,45)46)26-5-11-29(12-6-26)40-32-17-22-35(55(47,48)49)36(23-32)56(50,51)52/h1-23,38,40H,(H,41,42,43)(H,44,45,46)(H,47,48,49)(H,50,51,52). The maximum Gasteiger partial charge on any atom is 0.295 e. The van der Waals surface area contributed by atoms with Crippen LogP contribution in [0.2, 0.25) is 0 Å². The second kappa shape index (κ2) is 15.4. The third kappa shape index (κ3) is 9.72. The number of hydrogen-bond acceptors (Lipinski definition) is 11. The summed E-state index contributed by atoms with van der Waals surface area (Å²) in [5.74, 6) is 0. The van der Waals surface area contributed by atoms with Gasteiger partial charge in [0.25, 0.3) is 40.5 Å². The molecule has 0 spiro atoms. The van der Waals surface area contributed by atoms with Gasteiger partial charge in [0.05, 0.1) is 21.2 Å². The van der Waals surface area contributed by atoms with Crippen LogP contribution in [0.5, 0.6) is 0 Å². The van der Waals surface area contributed by atoms with Crippen LogP contribution in [-0.4, -0.2) is 57.6 Å². The highest BCUT2D eigenvalue weighted by Crippen LogP contribution is 2.33. The van der Waals surface area contributed by atoms with E-state index in [0.29, 0.717) is 28.5 Å². The Morgan fingerprint density at radius 1 is 0.429 bits per heavy atom. The molecule has 6 rings (SSSR count). The Morgan fingerprint density at radius 2 is 0.821 bits per heavy atom. The minimum Gasteiger partial charge on any atom is -0.356 e. The number of nitrogens with one attached hydrogen (secondary N) is 2. The summed E-state index contributed by atoms with van der Waals surface area (Å²) in [4.78, 5) is 2.03. The number of nitrogens with zero attached hydrogens (tertiary/aromatic N) is 1. The van der Waals surface area contributed by atoms with Crippen molar-refractivity contribution >= 4 is 80.2 Å². The van der Waals surface area contributed by atoms with Crippen LogP contribution in [0.25, 0.3) is 5.57 Å². The molecule has 0 bridgehead atoms. The first-order valence-corrected chi connectivity index (χ1v) is 21.7. The van der Waals surface area contributed by atoms with E-state index in [1.54, 1.807) is 36.4 Å². The Labute approximate surface area is 322 Å². The van der Waals surface area contributed by atoms with Gasteiger partial charge in [0.15, 0.2) is 0 Å². The van der Waals surface area contributed by atoms with E-state index in [4.69, 9.17) is 0 Å². The van der Waals surface area contributed by atoms with E-state index in [-0.39, 0.29) is 15.5 Å². The molecule has 1 aliphatic carbocycles. The fraction of sp³-hybridized carbons (Fsp3) is 0. The van der Waals surface area contributed by atoms with Crippen LogP contribution >= 0.6 is 0 Å². The molecule has 0 unspecified atom stereocenters. The highest BCUT2D eigenvalue weighted by Gasteiger charge is 2.24. The summed E-state index contributed by atoms with van der Waals surface area (Å²) >= 11 is 0. The van der Waals surface area contributed by atoms with Crippen molar-refractivity contribution in [2.24, 2.45) is 4.99 Å². The molecule has 0 saturated carbocycles. The van der Waals surface area contributed by atoms with Crippen molar-refractivity contribution in [2.75, 3.05) is 10.6 Å². The van der Waals surface area contributed by atoms with E-state index in [1.807, 2.05) is 36.4 Å². The molecule has 288 valence electrons. The van der Waals surface area contributed by atoms with E-state index in [1.165, 1.54) is 54.6 Å². The number of allylic oxidation sites excluding steroid dienone is 5. The molecule has 0 fully saturated rings. The van der Waals surface area contributed by atoms with Crippen molar-refractivity contribution in [1.29, 1.82) is 0 Å². The molecule has 1 aliphatic rings. The summed E-state index contributed by atoms with van der Waals surface area (Å²) in [6.45, 7) is 0. The molecule has 0 atom stereocenters. The fourth-order valence-corrected chi connectivity index (χ4v) is 8.27. The summed E-state index contributed by atoms with van der Waals surface area (Å²) in [5, 5.41) is 6.12. The average molecular weight is 836 g/mol. The van der Waals surface area contributed by atoms with Crippen LogP contribution in [0, 0.1) is 0 Å². The van der Waals surface area contributed by atoms with Crippen LogP contribution in [-0.2, 0) is 40.5 Å². The Hall–Kier alpha value is -5.77. The zero-order valence-electron chi connectivity index (χ0n) is 28.4. The predicted molar refractivity (Wildman–Crippen MR) is 209 cm³/mol. The number of aliphatic imine (C=N–C) groups is 1. The molecule has 5 aromatic rings. The summed E-state index contributed by atoms with van der Waals surface area (Å²) < 4.78 is 130. The van der Waals surface area contributed by atoms with Gasteiger partial charge in [-0.1, -0.05) is 36.4 Å². The molecule has 15 nitrogen and oxygen atoms in total. The van der Waals surface area contributed by atoms with Gasteiger partial charge >= 0.3 is 0 Å². The van der Waals surface area contributed by atoms with Crippen molar-refractivity contribution in [3.8, 4) is 0 Å². The first kappa shape index (κ1) is 39.9. The van der Waals surface area contributed by atoms with Crippen molar-refractivity contribution in [2.45, 2.75) is 19.6 Å². The second-order valence-corrected chi connectivity index (χ2v) is 17.6. The highest BCUT2D eigenvalue weighted by molar-refractivity contribution is 7.89. The van der Waals surface area contributed by atoms with Crippen LogP contribution in [0.3, 0.4) is 0 Å². The summed E-state index contributed by atoms with van der Waals surface area (Å²) in [6.07, 6.45) is 7.20. The molecule has 5 aromatic carbocycles. The van der Waals surface area contributed by atoms with Gasteiger partial charge in [-0.2, -0.15) is 33.7 Å². The molecular weight excluding hydrogens is 807 g/mol. The van der Waals surface area contributed by atoms with E-state index in [0.717, 1.165) is 34.4 Å². The lowest BCUT2D eigenvalue weighted by Gasteiger charge is -2.16. The molecule has 0 aromatic heterocycles. The average Bonchev–Trinajstić information content (AvgIpc) is 3.13. The predicted octanol–water partition coefficient (Wildman–Crippen LogP) is 6.86. The lowest BCUT2D eigenvalue weighted by atomic mass is 9.90. The van der Waals surface area contributed by atoms with E-state index in [9.17, 15) is 51.9 Å². The van der Waals surface area contributed by atoms with Crippen LogP contribution in [0.15, 0.2) is 170 Å². The topological polar surface area (TPSA) is 254 Å². The molecule has 6 N–H and O–H groups in total. The van der Waals surface area contributed by atoms with Crippen LogP contribution in [0.4, 0.5) is 28.4 Å². The SMILES string of the molecule is O=S(=O)(O)c1ccc(N=C2C=CC(=C(c3ccc(Nc4ccc(S(=O)(=O)O)cc4)cc3)c3ccc(Nc4ccc(S(=O)(=O)O)c(S(=O)(=O)O)c4)cc3)C=C2)cc1. The summed E-state index contributed by atoms with van der Waals surface area (Å²) in [6, 6.07) is 28.1. The van der Waals surface area contributed by atoms with E-state index >= 15 is 0 Å². The zero-order chi connectivity index (χ0) is 40.5. The molecule has 0 saturated heterocycles.